The predicted octanol–water partition coefficient (Wildman–Crippen LogP) is 0.663. The first-order valence-electron chi connectivity index (χ1n) is 5.69. The van der Waals surface area contributed by atoms with E-state index >= 15 is 0 Å². The Labute approximate surface area is 105 Å². The second-order valence-electron chi connectivity index (χ2n) is 3.83. The number of hydrogen-bond acceptors (Lipinski definition) is 4. The van der Waals surface area contributed by atoms with Crippen LogP contribution in [0.15, 0.2) is 30.9 Å². The van der Waals surface area contributed by atoms with Crippen molar-refractivity contribution in [2.24, 2.45) is 0 Å². The number of amides is 1. The lowest BCUT2D eigenvalue weighted by atomic mass is 10.2. The molecule has 1 amide bonds. The zero-order valence-corrected chi connectivity index (χ0v) is 10.1. The molecule has 0 aliphatic heterocycles. The Morgan fingerprint density at radius 3 is 2.94 bits per heavy atom. The van der Waals surface area contributed by atoms with Crippen LogP contribution in [0.4, 0.5) is 5.82 Å². The van der Waals surface area contributed by atoms with Gasteiger partial charge in [0.15, 0.2) is 0 Å². The van der Waals surface area contributed by atoms with E-state index < -0.39 is 0 Å². The lowest BCUT2D eigenvalue weighted by Gasteiger charge is -2.08. The van der Waals surface area contributed by atoms with Gasteiger partial charge in [0.2, 0.25) is 5.91 Å². The molecule has 94 valence electrons. The lowest BCUT2D eigenvalue weighted by Crippen LogP contribution is -2.27. The van der Waals surface area contributed by atoms with Crippen LogP contribution in [0.5, 0.6) is 0 Å². The van der Waals surface area contributed by atoms with Crippen molar-refractivity contribution in [3.05, 3.63) is 30.9 Å². The molecular weight excluding hydrogens is 230 g/mol. The maximum atomic E-state index is 11.6. The largest absolute Gasteiger partial charge is 0.384 e. The number of imidazole rings is 1. The van der Waals surface area contributed by atoms with E-state index in [9.17, 15) is 4.79 Å². The fraction of sp³-hybridized carbons (Fsp3) is 0.250. The van der Waals surface area contributed by atoms with Gasteiger partial charge in [-0.2, -0.15) is 0 Å². The number of anilines is 1. The summed E-state index contributed by atoms with van der Waals surface area (Å²) in [6, 6.07) is 3.58. The molecule has 0 aliphatic carbocycles. The van der Waals surface area contributed by atoms with E-state index in [4.69, 9.17) is 5.73 Å². The van der Waals surface area contributed by atoms with Crippen LogP contribution in [0.3, 0.4) is 0 Å². The third-order valence-corrected chi connectivity index (χ3v) is 2.48. The summed E-state index contributed by atoms with van der Waals surface area (Å²) < 4.78 is 1.78. The number of hydrogen-bond donors (Lipinski definition) is 2. The van der Waals surface area contributed by atoms with E-state index in [-0.39, 0.29) is 12.5 Å². The summed E-state index contributed by atoms with van der Waals surface area (Å²) in [5, 5.41) is 2.75. The Bertz CT molecular complexity index is 532. The van der Waals surface area contributed by atoms with Crippen LogP contribution in [0.1, 0.15) is 6.92 Å². The minimum absolute atomic E-state index is 0.0415. The Balaban J connectivity index is 2.22. The maximum Gasteiger partial charge on any atom is 0.239 e. The topological polar surface area (TPSA) is 85.8 Å². The minimum Gasteiger partial charge on any atom is -0.384 e. The van der Waals surface area contributed by atoms with Crippen molar-refractivity contribution in [2.45, 2.75) is 13.5 Å². The predicted molar refractivity (Wildman–Crippen MR) is 68.6 cm³/mol. The number of carbonyl (C=O) groups excluding carboxylic acids is 1. The molecule has 2 aromatic rings. The van der Waals surface area contributed by atoms with E-state index in [1.54, 1.807) is 29.4 Å². The Kier molecular flexibility index (Phi) is 3.57. The number of likely N-dealkylation sites (N-methyl/N-ethyl adjacent to an activating group) is 1. The normalized spacial score (nSPS) is 10.3. The van der Waals surface area contributed by atoms with Gasteiger partial charge in [0.25, 0.3) is 0 Å². The van der Waals surface area contributed by atoms with Crippen molar-refractivity contribution in [1.82, 2.24) is 19.9 Å². The molecule has 2 rings (SSSR count). The van der Waals surface area contributed by atoms with Crippen LogP contribution in [0.2, 0.25) is 0 Å². The molecule has 0 atom stereocenters. The molecule has 6 heteroatoms. The van der Waals surface area contributed by atoms with Crippen molar-refractivity contribution >= 4 is 11.7 Å². The van der Waals surface area contributed by atoms with Gasteiger partial charge in [0, 0.05) is 18.3 Å². The quantitative estimate of drug-likeness (QED) is 0.828. The van der Waals surface area contributed by atoms with Gasteiger partial charge < -0.3 is 15.6 Å². The van der Waals surface area contributed by atoms with Crippen LogP contribution in [0, 0.1) is 0 Å². The van der Waals surface area contributed by atoms with Gasteiger partial charge >= 0.3 is 0 Å². The molecule has 18 heavy (non-hydrogen) atoms. The monoisotopic (exact) mass is 245 g/mol. The molecule has 0 aliphatic rings. The van der Waals surface area contributed by atoms with Crippen LogP contribution >= 0.6 is 0 Å². The van der Waals surface area contributed by atoms with Crippen molar-refractivity contribution in [1.29, 1.82) is 0 Å². The number of pyridine rings is 1. The highest BCUT2D eigenvalue weighted by molar-refractivity contribution is 5.76. The molecule has 2 heterocycles. The van der Waals surface area contributed by atoms with Gasteiger partial charge in [0.05, 0.1) is 18.2 Å². The second-order valence-corrected chi connectivity index (χ2v) is 3.83. The lowest BCUT2D eigenvalue weighted by molar-refractivity contribution is -0.121. The van der Waals surface area contributed by atoms with Crippen molar-refractivity contribution in [3.63, 3.8) is 0 Å². The summed E-state index contributed by atoms with van der Waals surface area (Å²) in [7, 11) is 0. The average molecular weight is 245 g/mol. The van der Waals surface area contributed by atoms with E-state index in [1.807, 2.05) is 13.0 Å². The summed E-state index contributed by atoms with van der Waals surface area (Å²) in [4.78, 5) is 19.6. The van der Waals surface area contributed by atoms with Crippen molar-refractivity contribution in [3.8, 4) is 11.3 Å². The molecule has 0 aromatic carbocycles. The third kappa shape index (κ3) is 2.65. The maximum absolute atomic E-state index is 11.6. The molecular formula is C12H15N5O. The number of nitrogen functional groups attached to an aromatic ring is 1. The number of nitrogens with one attached hydrogen (secondary N) is 1. The number of nitrogens with two attached hydrogens (primary N) is 1. The first kappa shape index (κ1) is 12.1. The third-order valence-electron chi connectivity index (χ3n) is 2.48. The van der Waals surface area contributed by atoms with E-state index in [2.05, 4.69) is 15.3 Å². The summed E-state index contributed by atoms with van der Waals surface area (Å²) in [6.45, 7) is 2.75. The van der Waals surface area contributed by atoms with Crippen LogP contribution in [-0.4, -0.2) is 27.0 Å². The Hall–Kier alpha value is -2.37. The van der Waals surface area contributed by atoms with Gasteiger partial charge in [-0.25, -0.2) is 9.97 Å². The van der Waals surface area contributed by atoms with E-state index in [1.165, 1.54) is 0 Å². The molecule has 0 saturated heterocycles. The van der Waals surface area contributed by atoms with E-state index in [0.717, 1.165) is 11.3 Å². The van der Waals surface area contributed by atoms with Crippen LogP contribution in [-0.2, 0) is 11.3 Å². The van der Waals surface area contributed by atoms with Gasteiger partial charge in [-0.15, -0.1) is 0 Å². The summed E-state index contributed by atoms with van der Waals surface area (Å²) in [5.74, 6) is 0.425. The molecule has 6 nitrogen and oxygen atoms in total. The summed E-state index contributed by atoms with van der Waals surface area (Å²) in [6.07, 6.45) is 4.99. The first-order chi connectivity index (χ1) is 8.70. The SMILES string of the molecule is CCNC(=O)Cn1cncc1-c1ccc(N)nc1. The second kappa shape index (κ2) is 5.31. The molecule has 0 unspecified atom stereocenters. The Morgan fingerprint density at radius 1 is 1.44 bits per heavy atom. The highest BCUT2D eigenvalue weighted by Gasteiger charge is 2.08. The highest BCUT2D eigenvalue weighted by atomic mass is 16.1. The summed E-state index contributed by atoms with van der Waals surface area (Å²) >= 11 is 0. The van der Waals surface area contributed by atoms with Gasteiger partial charge in [-0.05, 0) is 19.1 Å². The summed E-state index contributed by atoms with van der Waals surface area (Å²) in [5.41, 5.74) is 7.26. The highest BCUT2D eigenvalue weighted by Crippen LogP contribution is 2.18. The zero-order chi connectivity index (χ0) is 13.0. The zero-order valence-electron chi connectivity index (χ0n) is 10.1. The molecule has 2 aromatic heterocycles. The number of rotatable bonds is 4. The molecule has 0 bridgehead atoms. The fourth-order valence-electron chi connectivity index (χ4n) is 1.65. The van der Waals surface area contributed by atoms with Crippen molar-refractivity contribution < 1.29 is 4.79 Å². The van der Waals surface area contributed by atoms with Gasteiger partial charge in [0.1, 0.15) is 12.4 Å². The fourth-order valence-corrected chi connectivity index (χ4v) is 1.65. The molecule has 0 spiro atoms. The first-order valence-corrected chi connectivity index (χ1v) is 5.69. The molecule has 0 saturated carbocycles. The van der Waals surface area contributed by atoms with Crippen LogP contribution in [0.25, 0.3) is 11.3 Å². The average Bonchev–Trinajstić information content (AvgIpc) is 2.78. The molecule has 0 fully saturated rings. The van der Waals surface area contributed by atoms with Gasteiger partial charge in [-0.3, -0.25) is 4.79 Å². The number of nitrogens with zero attached hydrogens (tertiary/aromatic N) is 3. The molecule has 3 N–H and O–H groups in total. The number of aromatic nitrogens is 3. The van der Waals surface area contributed by atoms with E-state index in [0.29, 0.717) is 12.4 Å². The van der Waals surface area contributed by atoms with Crippen LogP contribution < -0.4 is 11.1 Å². The Morgan fingerprint density at radius 2 is 2.28 bits per heavy atom. The smallest absolute Gasteiger partial charge is 0.239 e. The minimum atomic E-state index is -0.0415. The van der Waals surface area contributed by atoms with Gasteiger partial charge in [-0.1, -0.05) is 0 Å². The standard InChI is InChI=1S/C12H15N5O/c1-2-15-12(18)7-17-8-14-6-10(17)9-3-4-11(13)16-5-9/h3-6,8H,2,7H2,1H3,(H2,13,16)(H,15,18). The molecule has 0 radical (unpaired) electrons. The number of carbonyl (C=O) groups is 1. The van der Waals surface area contributed by atoms with Crippen molar-refractivity contribution in [2.75, 3.05) is 12.3 Å².